The fourth-order valence-electron chi connectivity index (χ4n) is 4.31. The molecule has 190 valence electrons. The van der Waals surface area contributed by atoms with E-state index in [2.05, 4.69) is 10.1 Å². The van der Waals surface area contributed by atoms with Crippen LogP contribution in [0.15, 0.2) is 6.08 Å². The van der Waals surface area contributed by atoms with Crippen molar-refractivity contribution in [3.63, 3.8) is 0 Å². The maximum atomic E-state index is 14.6. The number of amides is 1. The van der Waals surface area contributed by atoms with Crippen LogP contribution in [0.2, 0.25) is 14.4 Å². The van der Waals surface area contributed by atoms with Crippen molar-refractivity contribution in [1.29, 1.82) is 0 Å². The minimum Gasteiger partial charge on any atom is -0.468 e. The number of nitrogens with one attached hydrogen (secondary N) is 1. The predicted octanol–water partition coefficient (Wildman–Crippen LogP) is 6.81. The summed E-state index contributed by atoms with van der Waals surface area (Å²) in [7, 11) is 1.21. The van der Waals surface area contributed by atoms with Crippen molar-refractivity contribution < 1.29 is 32.2 Å². The van der Waals surface area contributed by atoms with Gasteiger partial charge in [-0.15, -0.1) is 22.7 Å². The van der Waals surface area contributed by atoms with Gasteiger partial charge in [0.25, 0.3) is 5.91 Å². The lowest BCUT2D eigenvalue weighted by Gasteiger charge is -2.38. The Kier molecular flexibility index (Phi) is 7.81. The quantitative estimate of drug-likeness (QED) is 0.390. The van der Waals surface area contributed by atoms with Crippen molar-refractivity contribution in [1.82, 2.24) is 5.32 Å². The fraction of sp³-hybridized carbons (Fsp3) is 0.455. The molecule has 2 aliphatic rings. The van der Waals surface area contributed by atoms with Crippen LogP contribution < -0.4 is 5.32 Å². The molecule has 0 bridgehead atoms. The second-order valence-corrected chi connectivity index (χ2v) is 11.5. The molecular formula is C22H19Cl3F3NO4S2. The van der Waals surface area contributed by atoms with E-state index in [9.17, 15) is 22.8 Å². The molecule has 1 N–H and O–H groups in total. The summed E-state index contributed by atoms with van der Waals surface area (Å²) in [5.41, 5.74) is -0.639. The third-order valence-corrected chi connectivity index (χ3v) is 10.1. The molecule has 4 rings (SSSR count). The average Bonchev–Trinajstić information content (AvgIpc) is 3.35. The highest BCUT2D eigenvalue weighted by Gasteiger charge is 2.61. The van der Waals surface area contributed by atoms with E-state index in [1.54, 1.807) is 6.08 Å². The molecule has 13 heteroatoms. The van der Waals surface area contributed by atoms with Crippen LogP contribution >= 0.6 is 57.5 Å². The number of methoxy groups -OCH3 is 1. The van der Waals surface area contributed by atoms with Crippen LogP contribution in [0.25, 0.3) is 5.57 Å². The third kappa shape index (κ3) is 4.85. The second kappa shape index (κ2) is 10.2. The largest absolute Gasteiger partial charge is 0.468 e. The first-order valence-electron chi connectivity index (χ1n) is 10.5. The zero-order valence-corrected chi connectivity index (χ0v) is 22.1. The summed E-state index contributed by atoms with van der Waals surface area (Å²) in [6, 6.07) is 0. The van der Waals surface area contributed by atoms with Crippen LogP contribution in [0, 0.1) is 0 Å². The Bertz CT molecular complexity index is 1210. The summed E-state index contributed by atoms with van der Waals surface area (Å²) in [5, 5.41) is 2.10. The Morgan fingerprint density at radius 1 is 1.14 bits per heavy atom. The lowest BCUT2D eigenvalue weighted by molar-refractivity contribution is -0.280. The molecule has 5 nitrogen and oxygen atoms in total. The number of thiophene rings is 2. The summed E-state index contributed by atoms with van der Waals surface area (Å²) < 4.78 is 53.6. The van der Waals surface area contributed by atoms with E-state index >= 15 is 0 Å². The van der Waals surface area contributed by atoms with Gasteiger partial charge in [0.2, 0.25) is 5.60 Å². The normalized spacial score (nSPS) is 20.3. The van der Waals surface area contributed by atoms with Crippen molar-refractivity contribution in [2.45, 2.75) is 43.9 Å². The van der Waals surface area contributed by atoms with Gasteiger partial charge in [-0.2, -0.15) is 13.2 Å². The van der Waals surface area contributed by atoms with Crippen molar-refractivity contribution >= 4 is 74.9 Å². The van der Waals surface area contributed by atoms with Crippen LogP contribution in [0.1, 0.15) is 49.8 Å². The highest BCUT2D eigenvalue weighted by atomic mass is 35.5. The van der Waals surface area contributed by atoms with Gasteiger partial charge in [-0.3, -0.25) is 9.59 Å². The van der Waals surface area contributed by atoms with Crippen LogP contribution in [-0.4, -0.2) is 38.3 Å². The molecule has 3 heterocycles. The molecule has 0 aromatic carbocycles. The third-order valence-electron chi connectivity index (χ3n) is 6.02. The fourth-order valence-corrected chi connectivity index (χ4v) is 7.70. The average molecular weight is 589 g/mol. The van der Waals surface area contributed by atoms with Crippen molar-refractivity contribution in [3.05, 3.63) is 46.2 Å². The van der Waals surface area contributed by atoms with E-state index < -0.39 is 30.1 Å². The summed E-state index contributed by atoms with van der Waals surface area (Å²) in [5.74, 6) is -1.06. The molecular weight excluding hydrogens is 570 g/mol. The van der Waals surface area contributed by atoms with Crippen LogP contribution in [0.3, 0.4) is 0 Å². The number of esters is 1. The molecule has 1 aliphatic carbocycles. The number of ether oxygens (including phenoxy) is 2. The number of hydrogen-bond donors (Lipinski definition) is 1. The van der Waals surface area contributed by atoms with E-state index in [0.29, 0.717) is 39.5 Å². The standard InChI is InChI=1S/C22H19Cl3F3NO4S2/c1-32-13(30)9-29-20(31)17-12-5-3-2-4-11(12)16(34-17)10-6-7-33-21(8-10,22(26,27)28)18-14(23)15(24)19(25)35-18/h6H,2-5,7-9H2,1H3,(H,29,31). The Hall–Kier alpha value is -1.30. The number of carbonyl (C=O) groups excluding carboxylic acids is 2. The smallest absolute Gasteiger partial charge is 0.422 e. The SMILES string of the molecule is COC(=O)CNC(=O)c1sc(C2=CCOC(c3sc(Cl)c(Cl)c3Cl)(C(F)(F)F)C2)c2c1CCCC2. The van der Waals surface area contributed by atoms with E-state index in [0.717, 1.165) is 35.3 Å². The number of hydrogen-bond acceptors (Lipinski definition) is 6. The molecule has 1 aliphatic heterocycles. The summed E-state index contributed by atoms with van der Waals surface area (Å²) in [4.78, 5) is 25.0. The summed E-state index contributed by atoms with van der Waals surface area (Å²) >= 11 is 20.0. The number of halogens is 6. The van der Waals surface area contributed by atoms with Gasteiger partial charge in [0.15, 0.2) is 0 Å². The molecule has 35 heavy (non-hydrogen) atoms. The molecule has 0 saturated carbocycles. The lowest BCUT2D eigenvalue weighted by atomic mass is 9.85. The van der Waals surface area contributed by atoms with Crippen LogP contribution in [-0.2, 0) is 32.7 Å². The molecule has 1 atom stereocenters. The Labute approximate surface area is 222 Å². The highest BCUT2D eigenvalue weighted by Crippen LogP contribution is 2.57. The van der Waals surface area contributed by atoms with Gasteiger partial charge in [-0.05, 0) is 42.4 Å². The van der Waals surface area contributed by atoms with Gasteiger partial charge in [-0.1, -0.05) is 40.9 Å². The van der Waals surface area contributed by atoms with Gasteiger partial charge < -0.3 is 14.8 Å². The molecule has 0 spiro atoms. The molecule has 0 fully saturated rings. The molecule has 0 radical (unpaired) electrons. The first-order chi connectivity index (χ1) is 16.5. The Morgan fingerprint density at radius 3 is 2.43 bits per heavy atom. The first kappa shape index (κ1) is 26.8. The topological polar surface area (TPSA) is 64.6 Å². The molecule has 1 amide bonds. The monoisotopic (exact) mass is 587 g/mol. The van der Waals surface area contributed by atoms with Gasteiger partial charge in [0.05, 0.1) is 33.5 Å². The maximum absolute atomic E-state index is 14.6. The second-order valence-electron chi connectivity index (χ2n) is 8.06. The summed E-state index contributed by atoms with van der Waals surface area (Å²) in [6.45, 7) is -0.613. The van der Waals surface area contributed by atoms with Gasteiger partial charge in [0.1, 0.15) is 10.9 Å². The van der Waals surface area contributed by atoms with E-state index in [-0.39, 0.29) is 32.4 Å². The minimum atomic E-state index is -4.81. The van der Waals surface area contributed by atoms with Crippen molar-refractivity contribution in [3.8, 4) is 0 Å². The van der Waals surface area contributed by atoms with Crippen molar-refractivity contribution in [2.75, 3.05) is 20.3 Å². The number of rotatable bonds is 5. The highest BCUT2D eigenvalue weighted by molar-refractivity contribution is 7.18. The van der Waals surface area contributed by atoms with Gasteiger partial charge in [0, 0.05) is 11.3 Å². The van der Waals surface area contributed by atoms with E-state index in [4.69, 9.17) is 39.5 Å². The molecule has 0 saturated heterocycles. The van der Waals surface area contributed by atoms with Gasteiger partial charge >= 0.3 is 12.1 Å². The van der Waals surface area contributed by atoms with E-state index in [1.165, 1.54) is 7.11 Å². The molecule has 2 aromatic heterocycles. The van der Waals surface area contributed by atoms with Crippen molar-refractivity contribution in [2.24, 2.45) is 0 Å². The number of fused-ring (bicyclic) bond motifs is 1. The van der Waals surface area contributed by atoms with Gasteiger partial charge in [-0.25, -0.2) is 0 Å². The zero-order chi connectivity index (χ0) is 25.5. The van der Waals surface area contributed by atoms with E-state index in [1.807, 2.05) is 0 Å². The number of carbonyl (C=O) groups is 2. The first-order valence-corrected chi connectivity index (χ1v) is 13.3. The maximum Gasteiger partial charge on any atom is 0.422 e. The molecule has 1 unspecified atom stereocenters. The molecule has 2 aromatic rings. The van der Waals surface area contributed by atoms with Crippen LogP contribution in [0.4, 0.5) is 13.2 Å². The summed E-state index contributed by atoms with van der Waals surface area (Å²) in [6.07, 6.45) is -0.771. The lowest BCUT2D eigenvalue weighted by Crippen LogP contribution is -2.46. The zero-order valence-electron chi connectivity index (χ0n) is 18.2. The van der Waals surface area contributed by atoms with Crippen LogP contribution in [0.5, 0.6) is 0 Å². The predicted molar refractivity (Wildman–Crippen MR) is 131 cm³/mol. The Balaban J connectivity index is 1.75. The number of alkyl halides is 3. The Morgan fingerprint density at radius 2 is 1.83 bits per heavy atom. The minimum absolute atomic E-state index is 0.0481.